The third kappa shape index (κ3) is 4.74. The van der Waals surface area contributed by atoms with Crippen LogP contribution in [0.25, 0.3) is 20.8 Å². The zero-order valence-corrected chi connectivity index (χ0v) is 19.4. The van der Waals surface area contributed by atoms with Crippen LogP contribution >= 0.6 is 11.3 Å². The summed E-state index contributed by atoms with van der Waals surface area (Å²) >= 11 is 1.69. The van der Waals surface area contributed by atoms with E-state index in [2.05, 4.69) is 69.5 Å². The van der Waals surface area contributed by atoms with Gasteiger partial charge in [-0.25, -0.2) is 4.98 Å². The molecular weight excluding hydrogens is 384 g/mol. The van der Waals surface area contributed by atoms with E-state index in [1.807, 2.05) is 19.2 Å². The third-order valence-electron chi connectivity index (χ3n) is 5.40. The maximum atomic E-state index is 6.18. The number of anilines is 1. The van der Waals surface area contributed by atoms with E-state index in [-0.39, 0.29) is 5.04 Å². The number of aromatic nitrogens is 1. The van der Waals surface area contributed by atoms with E-state index < -0.39 is 8.32 Å². The highest BCUT2D eigenvalue weighted by Gasteiger charge is 2.36. The number of nitrogens with one attached hydrogen (secondary N) is 1. The molecule has 1 N–H and O–H groups in total. The van der Waals surface area contributed by atoms with Gasteiger partial charge in [-0.15, -0.1) is 11.3 Å². The number of hydrogen-bond acceptors (Lipinski definition) is 5. The summed E-state index contributed by atoms with van der Waals surface area (Å²) in [6, 6.07) is 14.4. The lowest BCUT2D eigenvalue weighted by Crippen LogP contribution is -2.41. The van der Waals surface area contributed by atoms with E-state index in [9.17, 15) is 0 Å². The van der Waals surface area contributed by atoms with Crippen molar-refractivity contribution in [2.24, 2.45) is 0 Å². The Morgan fingerprint density at radius 3 is 2.39 bits per heavy atom. The fraction of sp³-hybridized carbons (Fsp3) is 0.409. The minimum Gasteiger partial charge on any atom is -0.491 e. The van der Waals surface area contributed by atoms with Crippen molar-refractivity contribution in [2.75, 3.05) is 25.6 Å². The lowest BCUT2D eigenvalue weighted by molar-refractivity contribution is 0.203. The van der Waals surface area contributed by atoms with E-state index in [4.69, 9.17) is 14.1 Å². The van der Waals surface area contributed by atoms with Crippen LogP contribution < -0.4 is 10.1 Å². The van der Waals surface area contributed by atoms with Gasteiger partial charge in [0.2, 0.25) is 0 Å². The number of thiazole rings is 1. The van der Waals surface area contributed by atoms with Gasteiger partial charge in [0.1, 0.15) is 17.4 Å². The smallest absolute Gasteiger partial charge is 0.192 e. The van der Waals surface area contributed by atoms with Crippen molar-refractivity contribution in [2.45, 2.75) is 38.9 Å². The van der Waals surface area contributed by atoms with E-state index in [0.29, 0.717) is 13.2 Å². The van der Waals surface area contributed by atoms with Crippen LogP contribution in [0.15, 0.2) is 42.5 Å². The topological polar surface area (TPSA) is 43.4 Å². The van der Waals surface area contributed by atoms with Crippen molar-refractivity contribution in [3.8, 4) is 16.3 Å². The summed E-state index contributed by atoms with van der Waals surface area (Å²) in [4.78, 5) is 4.76. The third-order valence-corrected chi connectivity index (χ3v) is 11.0. The second-order valence-corrected chi connectivity index (χ2v) is 14.3. The average Bonchev–Trinajstić information content (AvgIpc) is 3.08. The fourth-order valence-corrected chi connectivity index (χ4v) is 4.60. The first-order chi connectivity index (χ1) is 13.2. The predicted octanol–water partition coefficient (Wildman–Crippen LogP) is 6.41. The van der Waals surface area contributed by atoms with Crippen LogP contribution in [0.2, 0.25) is 18.1 Å². The molecule has 0 bridgehead atoms. The first-order valence-electron chi connectivity index (χ1n) is 9.65. The van der Waals surface area contributed by atoms with Crippen LogP contribution in [0.5, 0.6) is 5.75 Å². The van der Waals surface area contributed by atoms with Gasteiger partial charge in [-0.05, 0) is 60.6 Å². The Kier molecular flexibility index (Phi) is 6.12. The molecular formula is C22H30N2O2SSi. The van der Waals surface area contributed by atoms with Crippen molar-refractivity contribution in [3.63, 3.8) is 0 Å². The second kappa shape index (κ2) is 8.23. The van der Waals surface area contributed by atoms with Crippen LogP contribution in [0.4, 0.5) is 5.69 Å². The minimum atomic E-state index is -1.72. The van der Waals surface area contributed by atoms with Crippen molar-refractivity contribution in [1.29, 1.82) is 0 Å². The zero-order valence-electron chi connectivity index (χ0n) is 17.6. The molecule has 0 aliphatic rings. The van der Waals surface area contributed by atoms with Crippen LogP contribution in [0, 0.1) is 0 Å². The predicted molar refractivity (Wildman–Crippen MR) is 123 cm³/mol. The minimum absolute atomic E-state index is 0.219. The van der Waals surface area contributed by atoms with Gasteiger partial charge in [0.25, 0.3) is 0 Å². The molecule has 0 saturated heterocycles. The molecule has 0 saturated carbocycles. The highest BCUT2D eigenvalue weighted by Crippen LogP contribution is 2.36. The first-order valence-corrected chi connectivity index (χ1v) is 13.4. The monoisotopic (exact) mass is 414 g/mol. The molecule has 6 heteroatoms. The largest absolute Gasteiger partial charge is 0.491 e. The van der Waals surface area contributed by atoms with Gasteiger partial charge in [-0.3, -0.25) is 0 Å². The molecule has 0 aliphatic carbocycles. The summed E-state index contributed by atoms with van der Waals surface area (Å²) in [6.45, 7) is 12.5. The standard InChI is InChI=1S/C22H30N2O2SSi/c1-22(2,3)28(5,6)26-14-13-25-18-11-12-19-20(15-18)27-21(24-19)16-7-9-17(23-4)10-8-16/h7-12,15,23H,13-14H2,1-6H3. The number of hydrogen-bond donors (Lipinski definition) is 1. The molecule has 3 rings (SSSR count). The lowest BCUT2D eigenvalue weighted by Gasteiger charge is -2.36. The molecule has 0 amide bonds. The molecule has 28 heavy (non-hydrogen) atoms. The zero-order chi connectivity index (χ0) is 20.4. The summed E-state index contributed by atoms with van der Waals surface area (Å²) in [5, 5.41) is 4.38. The van der Waals surface area contributed by atoms with Gasteiger partial charge in [-0.2, -0.15) is 0 Å². The normalized spacial score (nSPS) is 12.4. The van der Waals surface area contributed by atoms with Crippen LogP contribution in [-0.2, 0) is 4.43 Å². The van der Waals surface area contributed by atoms with Crippen molar-refractivity contribution in [1.82, 2.24) is 4.98 Å². The second-order valence-electron chi connectivity index (χ2n) is 8.43. The van der Waals surface area contributed by atoms with E-state index >= 15 is 0 Å². The Morgan fingerprint density at radius 1 is 1.04 bits per heavy atom. The van der Waals surface area contributed by atoms with Crippen LogP contribution in [0.3, 0.4) is 0 Å². The summed E-state index contributed by atoms with van der Waals surface area (Å²) in [5.74, 6) is 0.868. The van der Waals surface area contributed by atoms with Crippen molar-refractivity contribution >= 4 is 35.6 Å². The molecule has 0 atom stereocenters. The van der Waals surface area contributed by atoms with Gasteiger partial charge in [-0.1, -0.05) is 20.8 Å². The van der Waals surface area contributed by atoms with E-state index in [0.717, 1.165) is 32.2 Å². The average molecular weight is 415 g/mol. The Balaban J connectivity index is 1.64. The summed E-state index contributed by atoms with van der Waals surface area (Å²) < 4.78 is 13.3. The van der Waals surface area contributed by atoms with Gasteiger partial charge < -0.3 is 14.5 Å². The van der Waals surface area contributed by atoms with Gasteiger partial charge >= 0.3 is 0 Å². The SMILES string of the molecule is CNc1ccc(-c2nc3ccc(OCCO[Si](C)(C)C(C)(C)C)cc3s2)cc1. The molecule has 3 aromatic rings. The maximum Gasteiger partial charge on any atom is 0.192 e. The first kappa shape index (κ1) is 20.8. The number of benzene rings is 2. The number of rotatable bonds is 7. The number of ether oxygens (including phenoxy) is 1. The summed E-state index contributed by atoms with van der Waals surface area (Å²) in [6.07, 6.45) is 0. The highest BCUT2D eigenvalue weighted by atomic mass is 32.1. The van der Waals surface area contributed by atoms with E-state index in [1.54, 1.807) is 11.3 Å². The Labute approximate surface area is 173 Å². The quantitative estimate of drug-likeness (QED) is 0.358. The van der Waals surface area contributed by atoms with Crippen LogP contribution in [-0.4, -0.2) is 33.6 Å². The van der Waals surface area contributed by atoms with Gasteiger partial charge in [0.15, 0.2) is 8.32 Å². The molecule has 150 valence electrons. The van der Waals surface area contributed by atoms with Gasteiger partial charge in [0.05, 0.1) is 16.8 Å². The highest BCUT2D eigenvalue weighted by molar-refractivity contribution is 7.21. The van der Waals surface area contributed by atoms with Crippen molar-refractivity contribution in [3.05, 3.63) is 42.5 Å². The Morgan fingerprint density at radius 2 is 1.75 bits per heavy atom. The van der Waals surface area contributed by atoms with Crippen molar-refractivity contribution < 1.29 is 9.16 Å². The molecule has 1 heterocycles. The lowest BCUT2D eigenvalue weighted by atomic mass is 10.2. The Bertz CT molecular complexity index is 930. The molecule has 4 nitrogen and oxygen atoms in total. The number of nitrogens with zero attached hydrogens (tertiary/aromatic N) is 1. The fourth-order valence-electron chi connectivity index (χ4n) is 2.57. The molecule has 1 aromatic heterocycles. The Hall–Kier alpha value is -1.89. The maximum absolute atomic E-state index is 6.18. The van der Waals surface area contributed by atoms with E-state index in [1.165, 1.54) is 0 Å². The number of fused-ring (bicyclic) bond motifs is 1. The molecule has 0 radical (unpaired) electrons. The van der Waals surface area contributed by atoms with Gasteiger partial charge in [0, 0.05) is 18.3 Å². The summed E-state index contributed by atoms with van der Waals surface area (Å²) in [5.41, 5.74) is 3.23. The molecule has 0 spiro atoms. The molecule has 0 unspecified atom stereocenters. The van der Waals surface area contributed by atoms with Crippen LogP contribution in [0.1, 0.15) is 20.8 Å². The molecule has 0 aliphatic heterocycles. The molecule has 2 aromatic carbocycles. The molecule has 0 fully saturated rings. The summed E-state index contributed by atoms with van der Waals surface area (Å²) in [7, 11) is 0.202.